The number of rotatable bonds is 1. The Kier molecular flexibility index (Phi) is 4.78. The third-order valence-electron chi connectivity index (χ3n) is 12.5. The first kappa shape index (κ1) is 22.7. The van der Waals surface area contributed by atoms with Gasteiger partial charge < -0.3 is 10.2 Å². The van der Waals surface area contributed by atoms with Crippen LogP contribution in [0.25, 0.3) is 0 Å². The van der Waals surface area contributed by atoms with Crippen molar-refractivity contribution in [2.24, 2.45) is 44.8 Å². The molecule has 32 heavy (non-hydrogen) atoms. The largest absolute Gasteiger partial charge is 0.481 e. The minimum absolute atomic E-state index is 0.0363. The highest BCUT2D eigenvalue weighted by Gasteiger charge is 2.68. The number of allylic oxidation sites excluding steroid dienone is 3. The van der Waals surface area contributed by atoms with Crippen LogP contribution in [-0.4, -0.2) is 22.3 Å². The van der Waals surface area contributed by atoms with Gasteiger partial charge in [-0.15, -0.1) is 0 Å². The summed E-state index contributed by atoms with van der Waals surface area (Å²) in [7, 11) is 0. The number of carboxylic acid groups (broad SMARTS) is 1. The number of aliphatic hydroxyl groups is 1. The Morgan fingerprint density at radius 3 is 2.41 bits per heavy atom. The molecule has 0 aromatic rings. The van der Waals surface area contributed by atoms with Crippen LogP contribution >= 0.6 is 0 Å². The summed E-state index contributed by atoms with van der Waals surface area (Å²) in [6, 6.07) is 0. The van der Waals surface area contributed by atoms with Crippen molar-refractivity contribution < 1.29 is 15.0 Å². The first-order valence-electron chi connectivity index (χ1n) is 13.1. The molecule has 8 atom stereocenters. The first-order chi connectivity index (χ1) is 14.8. The van der Waals surface area contributed by atoms with Gasteiger partial charge in [0.1, 0.15) is 0 Å². The topological polar surface area (TPSA) is 57.5 Å². The lowest BCUT2D eigenvalue weighted by Crippen LogP contribution is -2.64. The minimum Gasteiger partial charge on any atom is -0.481 e. The van der Waals surface area contributed by atoms with Crippen molar-refractivity contribution in [2.75, 3.05) is 0 Å². The Labute approximate surface area is 194 Å². The summed E-state index contributed by atoms with van der Waals surface area (Å²) in [6.07, 6.45) is 12.0. The molecule has 4 fully saturated rings. The molecule has 0 radical (unpaired) electrons. The number of carboxylic acids is 1. The highest BCUT2D eigenvalue weighted by molar-refractivity contribution is 5.77. The smallest absolute Gasteiger partial charge is 0.310 e. The lowest BCUT2D eigenvalue weighted by atomic mass is 9.34. The van der Waals surface area contributed by atoms with Gasteiger partial charge in [0, 0.05) is 5.92 Å². The van der Waals surface area contributed by atoms with Crippen molar-refractivity contribution in [1.82, 2.24) is 0 Å². The summed E-state index contributed by atoms with van der Waals surface area (Å²) >= 11 is 0. The SMILES string of the molecule is C=C1CC[C@]2(C(=O)O)CC[C@]3(C)C(=CC[C@@H]4[C@@]5(C)CC[C@@H](O)C(C)(C)[C@@H]5CC[C@]43C)[C@@H]2C1. The Morgan fingerprint density at radius 2 is 1.72 bits per heavy atom. The molecule has 3 heteroatoms. The van der Waals surface area contributed by atoms with E-state index in [9.17, 15) is 15.0 Å². The molecule has 5 aliphatic carbocycles. The second-order valence-corrected chi connectivity index (χ2v) is 13.6. The standard InChI is InChI=1S/C29H44O3/c1-18-9-14-29(24(31)32)16-15-27(5)19(20(29)17-18)7-8-22-26(4)12-11-23(30)25(2,3)21(26)10-13-28(22,27)6/h7,20-23,30H,1,8-17H2,2-6H3,(H,31,32)/t20-,21-,22+,23+,26-,27+,28+,29-/m0/s1. The van der Waals surface area contributed by atoms with Crippen LogP contribution in [0.15, 0.2) is 23.8 Å². The average molecular weight is 441 g/mol. The van der Waals surface area contributed by atoms with Gasteiger partial charge in [0.2, 0.25) is 0 Å². The van der Waals surface area contributed by atoms with E-state index in [-0.39, 0.29) is 33.7 Å². The summed E-state index contributed by atoms with van der Waals surface area (Å²) in [5.41, 5.74) is 2.55. The zero-order chi connectivity index (χ0) is 23.3. The zero-order valence-electron chi connectivity index (χ0n) is 21.0. The van der Waals surface area contributed by atoms with Crippen molar-refractivity contribution in [2.45, 2.75) is 105 Å². The number of hydrogen-bond acceptors (Lipinski definition) is 2. The number of carbonyl (C=O) groups is 1. The molecule has 0 spiro atoms. The number of aliphatic hydroxyl groups excluding tert-OH is 1. The highest BCUT2D eigenvalue weighted by atomic mass is 16.4. The zero-order valence-corrected chi connectivity index (χ0v) is 21.0. The summed E-state index contributed by atoms with van der Waals surface area (Å²) in [4.78, 5) is 12.6. The number of fused-ring (bicyclic) bond motifs is 7. The fraction of sp³-hybridized carbons (Fsp3) is 0.828. The van der Waals surface area contributed by atoms with E-state index in [1.807, 2.05) is 0 Å². The molecule has 178 valence electrons. The Hall–Kier alpha value is -1.09. The second-order valence-electron chi connectivity index (χ2n) is 13.6. The van der Waals surface area contributed by atoms with Gasteiger partial charge in [-0.2, -0.15) is 0 Å². The Morgan fingerprint density at radius 1 is 1.00 bits per heavy atom. The molecule has 0 aromatic carbocycles. The van der Waals surface area contributed by atoms with Crippen molar-refractivity contribution in [3.63, 3.8) is 0 Å². The van der Waals surface area contributed by atoms with E-state index in [1.165, 1.54) is 24.0 Å². The Bertz CT molecular complexity index is 885. The monoisotopic (exact) mass is 440 g/mol. The van der Waals surface area contributed by atoms with E-state index in [2.05, 4.69) is 47.3 Å². The van der Waals surface area contributed by atoms with Crippen LogP contribution < -0.4 is 0 Å². The summed E-state index contributed by atoms with van der Waals surface area (Å²) < 4.78 is 0. The molecule has 0 aromatic heterocycles. The Balaban J connectivity index is 1.60. The number of aliphatic carboxylic acids is 1. The van der Waals surface area contributed by atoms with Crippen LogP contribution in [0, 0.1) is 44.8 Å². The predicted octanol–water partition coefficient (Wildman–Crippen LogP) is 6.76. The van der Waals surface area contributed by atoms with Crippen molar-refractivity contribution >= 4 is 5.97 Å². The molecule has 0 amide bonds. The van der Waals surface area contributed by atoms with Crippen molar-refractivity contribution in [3.05, 3.63) is 23.8 Å². The van der Waals surface area contributed by atoms with Gasteiger partial charge in [0.25, 0.3) is 0 Å². The van der Waals surface area contributed by atoms with Gasteiger partial charge >= 0.3 is 5.97 Å². The normalized spacial score (nSPS) is 52.1. The third kappa shape index (κ3) is 2.55. The van der Waals surface area contributed by atoms with Crippen LogP contribution in [0.5, 0.6) is 0 Å². The molecule has 4 saturated carbocycles. The van der Waals surface area contributed by atoms with E-state index in [1.54, 1.807) is 0 Å². The summed E-state index contributed by atoms with van der Waals surface area (Å²) in [5, 5.41) is 21.2. The van der Waals surface area contributed by atoms with Crippen LogP contribution in [0.4, 0.5) is 0 Å². The average Bonchev–Trinajstić information content (AvgIpc) is 2.71. The fourth-order valence-corrected chi connectivity index (χ4v) is 10.2. The van der Waals surface area contributed by atoms with E-state index in [4.69, 9.17) is 0 Å². The maximum atomic E-state index is 12.6. The first-order valence-corrected chi connectivity index (χ1v) is 13.1. The van der Waals surface area contributed by atoms with Crippen LogP contribution in [0.2, 0.25) is 0 Å². The van der Waals surface area contributed by atoms with Crippen LogP contribution in [-0.2, 0) is 4.79 Å². The van der Waals surface area contributed by atoms with E-state index in [0.717, 1.165) is 51.4 Å². The quantitative estimate of drug-likeness (QED) is 0.443. The molecule has 2 N–H and O–H groups in total. The molecule has 0 aliphatic heterocycles. The summed E-state index contributed by atoms with van der Waals surface area (Å²) in [6.45, 7) is 16.5. The van der Waals surface area contributed by atoms with Gasteiger partial charge in [0.05, 0.1) is 11.5 Å². The number of hydrogen-bond donors (Lipinski definition) is 2. The molecular formula is C29H44O3. The second kappa shape index (κ2) is 6.74. The molecule has 5 aliphatic rings. The lowest BCUT2D eigenvalue weighted by Gasteiger charge is -2.70. The van der Waals surface area contributed by atoms with Gasteiger partial charge in [-0.25, -0.2) is 0 Å². The molecule has 0 saturated heterocycles. The van der Waals surface area contributed by atoms with Gasteiger partial charge in [0.15, 0.2) is 0 Å². The van der Waals surface area contributed by atoms with Gasteiger partial charge in [-0.3, -0.25) is 4.79 Å². The maximum Gasteiger partial charge on any atom is 0.310 e. The molecule has 0 unspecified atom stereocenters. The lowest BCUT2D eigenvalue weighted by molar-refractivity contribution is -0.203. The third-order valence-corrected chi connectivity index (χ3v) is 12.5. The molecule has 0 bridgehead atoms. The predicted molar refractivity (Wildman–Crippen MR) is 128 cm³/mol. The molecular weight excluding hydrogens is 396 g/mol. The molecule has 5 rings (SSSR count). The van der Waals surface area contributed by atoms with Crippen molar-refractivity contribution in [1.29, 1.82) is 0 Å². The molecule has 3 nitrogen and oxygen atoms in total. The highest BCUT2D eigenvalue weighted by Crippen LogP contribution is 2.75. The van der Waals surface area contributed by atoms with E-state index < -0.39 is 11.4 Å². The van der Waals surface area contributed by atoms with Gasteiger partial charge in [-0.1, -0.05) is 58.4 Å². The van der Waals surface area contributed by atoms with E-state index in [0.29, 0.717) is 11.8 Å². The van der Waals surface area contributed by atoms with Crippen molar-refractivity contribution in [3.8, 4) is 0 Å². The fourth-order valence-electron chi connectivity index (χ4n) is 10.2. The maximum absolute atomic E-state index is 12.6. The minimum atomic E-state index is -0.590. The van der Waals surface area contributed by atoms with Gasteiger partial charge in [-0.05, 0) is 97.7 Å². The molecule has 0 heterocycles. The van der Waals surface area contributed by atoms with E-state index >= 15 is 0 Å². The summed E-state index contributed by atoms with van der Waals surface area (Å²) in [5.74, 6) is 0.682. The van der Waals surface area contributed by atoms with Crippen LogP contribution in [0.3, 0.4) is 0 Å². The van der Waals surface area contributed by atoms with Crippen LogP contribution in [0.1, 0.15) is 98.8 Å².